The van der Waals surface area contributed by atoms with Crippen molar-refractivity contribution in [1.29, 1.82) is 0 Å². The van der Waals surface area contributed by atoms with Crippen molar-refractivity contribution in [3.8, 4) is 0 Å². The van der Waals surface area contributed by atoms with E-state index in [1.54, 1.807) is 0 Å². The molecule has 1 atom stereocenters. The number of benzene rings is 1. The molecule has 102 valence electrons. The van der Waals surface area contributed by atoms with E-state index in [-0.39, 0.29) is 18.1 Å². The molecule has 0 amide bonds. The van der Waals surface area contributed by atoms with Crippen molar-refractivity contribution >= 4 is 11.6 Å². The molecule has 1 unspecified atom stereocenters. The molecule has 2 nitrogen and oxygen atoms in total. The van der Waals surface area contributed by atoms with Gasteiger partial charge in [0.2, 0.25) is 0 Å². The van der Waals surface area contributed by atoms with Crippen molar-refractivity contribution in [2.75, 3.05) is 6.61 Å². The number of aliphatic hydroxyl groups is 1. The first-order chi connectivity index (χ1) is 8.38. The molecule has 2 N–H and O–H groups in total. The Labute approximate surface area is 115 Å². The predicted octanol–water partition coefficient (Wildman–Crippen LogP) is 3.50. The highest BCUT2D eigenvalue weighted by Gasteiger charge is 2.17. The third-order valence-electron chi connectivity index (χ3n) is 3.15. The minimum atomic E-state index is 0.0695. The number of halogens is 1. The molecule has 0 radical (unpaired) electrons. The summed E-state index contributed by atoms with van der Waals surface area (Å²) in [5.41, 5.74) is 2.39. The van der Waals surface area contributed by atoms with Crippen molar-refractivity contribution in [2.45, 2.75) is 52.1 Å². The lowest BCUT2D eigenvalue weighted by Gasteiger charge is -2.21. The SMILES string of the molecule is CCC(CO)NCc1ccc(C(C)(C)C)c(Cl)c1. The van der Waals surface area contributed by atoms with E-state index in [4.69, 9.17) is 16.7 Å². The van der Waals surface area contributed by atoms with Gasteiger partial charge in [-0.1, -0.05) is 51.4 Å². The first kappa shape index (κ1) is 15.5. The fourth-order valence-electron chi connectivity index (χ4n) is 1.88. The molecular formula is C15H24ClNO. The van der Waals surface area contributed by atoms with E-state index in [0.717, 1.165) is 23.6 Å². The van der Waals surface area contributed by atoms with Crippen LogP contribution in [-0.4, -0.2) is 17.8 Å². The highest BCUT2D eigenvalue weighted by Crippen LogP contribution is 2.29. The van der Waals surface area contributed by atoms with E-state index in [0.29, 0.717) is 0 Å². The van der Waals surface area contributed by atoms with Crippen LogP contribution < -0.4 is 5.32 Å². The maximum atomic E-state index is 9.12. The summed E-state index contributed by atoms with van der Waals surface area (Å²) in [6.45, 7) is 9.44. The van der Waals surface area contributed by atoms with Crippen LogP contribution in [0.5, 0.6) is 0 Å². The first-order valence-electron chi connectivity index (χ1n) is 6.51. The van der Waals surface area contributed by atoms with Crippen LogP contribution in [0, 0.1) is 0 Å². The molecule has 0 aliphatic rings. The number of nitrogens with one attached hydrogen (secondary N) is 1. The van der Waals surface area contributed by atoms with Crippen molar-refractivity contribution in [3.05, 3.63) is 34.3 Å². The molecule has 1 rings (SSSR count). The third-order valence-corrected chi connectivity index (χ3v) is 3.46. The summed E-state index contributed by atoms with van der Waals surface area (Å²) < 4.78 is 0. The van der Waals surface area contributed by atoms with Crippen LogP contribution in [0.15, 0.2) is 18.2 Å². The highest BCUT2D eigenvalue weighted by molar-refractivity contribution is 6.31. The van der Waals surface area contributed by atoms with Gasteiger partial charge in [0, 0.05) is 17.6 Å². The molecule has 1 aromatic rings. The number of rotatable bonds is 5. The molecule has 0 saturated carbocycles. The van der Waals surface area contributed by atoms with E-state index in [1.807, 2.05) is 6.07 Å². The summed E-state index contributed by atoms with van der Waals surface area (Å²) in [6, 6.07) is 6.37. The average molecular weight is 270 g/mol. The van der Waals surface area contributed by atoms with Gasteiger partial charge in [0.05, 0.1) is 6.61 Å². The van der Waals surface area contributed by atoms with Crippen molar-refractivity contribution in [1.82, 2.24) is 5.32 Å². The molecule has 3 heteroatoms. The summed E-state index contributed by atoms with van der Waals surface area (Å²) in [5, 5.41) is 13.3. The van der Waals surface area contributed by atoms with Crippen LogP contribution in [0.3, 0.4) is 0 Å². The van der Waals surface area contributed by atoms with Crippen LogP contribution >= 0.6 is 11.6 Å². The lowest BCUT2D eigenvalue weighted by molar-refractivity contribution is 0.238. The van der Waals surface area contributed by atoms with Gasteiger partial charge in [-0.25, -0.2) is 0 Å². The Bertz CT molecular complexity index is 381. The topological polar surface area (TPSA) is 32.3 Å². The van der Waals surface area contributed by atoms with Crippen LogP contribution in [0.25, 0.3) is 0 Å². The van der Waals surface area contributed by atoms with Gasteiger partial charge in [-0.15, -0.1) is 0 Å². The van der Waals surface area contributed by atoms with Crippen LogP contribution in [0.2, 0.25) is 5.02 Å². The van der Waals surface area contributed by atoms with E-state index < -0.39 is 0 Å². The van der Waals surface area contributed by atoms with E-state index in [2.05, 4.69) is 45.1 Å². The molecule has 1 aromatic carbocycles. The smallest absolute Gasteiger partial charge is 0.0584 e. The standard InChI is InChI=1S/C15H24ClNO/c1-5-12(10-18)17-9-11-6-7-13(14(16)8-11)15(2,3)4/h6-8,12,17-18H,5,9-10H2,1-4H3. The van der Waals surface area contributed by atoms with Crippen LogP contribution in [-0.2, 0) is 12.0 Å². The minimum absolute atomic E-state index is 0.0695. The average Bonchev–Trinajstić information content (AvgIpc) is 2.28. The van der Waals surface area contributed by atoms with Crippen molar-refractivity contribution < 1.29 is 5.11 Å². The van der Waals surface area contributed by atoms with Gasteiger partial charge in [-0.2, -0.15) is 0 Å². The Balaban J connectivity index is 2.73. The number of aliphatic hydroxyl groups excluding tert-OH is 1. The van der Waals surface area contributed by atoms with Crippen molar-refractivity contribution in [2.24, 2.45) is 0 Å². The largest absolute Gasteiger partial charge is 0.395 e. The summed E-state index contributed by atoms with van der Waals surface area (Å²) in [4.78, 5) is 0. The van der Waals surface area contributed by atoms with Gasteiger partial charge < -0.3 is 10.4 Å². The number of hydrogen-bond acceptors (Lipinski definition) is 2. The minimum Gasteiger partial charge on any atom is -0.395 e. The molecule has 0 bridgehead atoms. The van der Waals surface area contributed by atoms with Gasteiger partial charge in [0.15, 0.2) is 0 Å². The lowest BCUT2D eigenvalue weighted by Crippen LogP contribution is -2.31. The summed E-state index contributed by atoms with van der Waals surface area (Å²) in [7, 11) is 0. The second-order valence-corrected chi connectivity index (χ2v) is 6.14. The highest BCUT2D eigenvalue weighted by atomic mass is 35.5. The molecule has 0 spiro atoms. The summed E-state index contributed by atoms with van der Waals surface area (Å²) in [5.74, 6) is 0. The Morgan fingerprint density at radius 2 is 2.00 bits per heavy atom. The molecule has 0 aliphatic carbocycles. The number of hydrogen-bond donors (Lipinski definition) is 2. The fourth-order valence-corrected chi connectivity index (χ4v) is 2.36. The molecule has 0 heterocycles. The van der Waals surface area contributed by atoms with Crippen LogP contribution in [0.1, 0.15) is 45.2 Å². The Hall–Kier alpha value is -0.570. The predicted molar refractivity (Wildman–Crippen MR) is 78.2 cm³/mol. The molecule has 18 heavy (non-hydrogen) atoms. The fraction of sp³-hybridized carbons (Fsp3) is 0.600. The van der Waals surface area contributed by atoms with E-state index in [1.165, 1.54) is 5.56 Å². The van der Waals surface area contributed by atoms with Gasteiger partial charge in [0.25, 0.3) is 0 Å². The second-order valence-electron chi connectivity index (χ2n) is 5.73. The van der Waals surface area contributed by atoms with Gasteiger partial charge in [0.1, 0.15) is 0 Å². The third kappa shape index (κ3) is 4.27. The maximum absolute atomic E-state index is 9.12. The molecular weight excluding hydrogens is 246 g/mol. The van der Waals surface area contributed by atoms with Gasteiger partial charge in [-0.3, -0.25) is 0 Å². The van der Waals surface area contributed by atoms with E-state index in [9.17, 15) is 0 Å². The van der Waals surface area contributed by atoms with Gasteiger partial charge in [-0.05, 0) is 29.0 Å². The lowest BCUT2D eigenvalue weighted by atomic mass is 9.86. The zero-order valence-corrected chi connectivity index (χ0v) is 12.5. The Morgan fingerprint density at radius 3 is 2.44 bits per heavy atom. The second kappa shape index (κ2) is 6.55. The monoisotopic (exact) mass is 269 g/mol. The van der Waals surface area contributed by atoms with E-state index >= 15 is 0 Å². The quantitative estimate of drug-likeness (QED) is 0.858. The maximum Gasteiger partial charge on any atom is 0.0584 e. The van der Waals surface area contributed by atoms with Crippen LogP contribution in [0.4, 0.5) is 0 Å². The zero-order valence-electron chi connectivity index (χ0n) is 11.8. The molecule has 0 saturated heterocycles. The first-order valence-corrected chi connectivity index (χ1v) is 6.89. The summed E-state index contributed by atoms with van der Waals surface area (Å²) in [6.07, 6.45) is 0.921. The molecule has 0 aromatic heterocycles. The summed E-state index contributed by atoms with van der Waals surface area (Å²) >= 11 is 6.32. The Kier molecular flexibility index (Phi) is 5.64. The Morgan fingerprint density at radius 1 is 1.33 bits per heavy atom. The van der Waals surface area contributed by atoms with Crippen molar-refractivity contribution in [3.63, 3.8) is 0 Å². The molecule has 0 aliphatic heterocycles. The normalized spacial score (nSPS) is 13.7. The van der Waals surface area contributed by atoms with Gasteiger partial charge >= 0.3 is 0 Å². The zero-order chi connectivity index (χ0) is 13.8. The molecule has 0 fully saturated rings.